The Kier molecular flexibility index (Phi) is 10.5. The largest absolute Gasteiger partial charge is 0.461 e. The molecule has 16 heteroatoms. The summed E-state index contributed by atoms with van der Waals surface area (Å²) in [6.45, 7) is 1.34. The number of anilines is 1. The zero-order valence-corrected chi connectivity index (χ0v) is 26.8. The minimum Gasteiger partial charge on any atom is -0.461 e. The predicted octanol–water partition coefficient (Wildman–Crippen LogP) is 5.77. The Bertz CT molecular complexity index is 1780. The lowest BCUT2D eigenvalue weighted by Gasteiger charge is -2.29. The van der Waals surface area contributed by atoms with Crippen molar-refractivity contribution in [1.82, 2.24) is 4.72 Å². The van der Waals surface area contributed by atoms with E-state index in [1.807, 2.05) is 0 Å². The summed E-state index contributed by atoms with van der Waals surface area (Å²) in [6.07, 6.45) is -0.152. The number of halogens is 5. The quantitative estimate of drug-likeness (QED) is 0.210. The Morgan fingerprint density at radius 1 is 0.932 bits per heavy atom. The number of hydrogen-bond donors (Lipinski definition) is 2. The SMILES string of the molecule is C[C@H](NS(=O)(=O)c1ccc(Br)cc1)C(=O)OC1CCC(S(=O)(=O)c2cc(C(=O)Nc3cc(F)c(F)c(F)c3)ccc2Cl)CC1. The van der Waals surface area contributed by atoms with E-state index in [1.165, 1.54) is 31.2 Å². The minimum absolute atomic E-state index is 0.0375. The molecule has 1 amide bonds. The maximum atomic E-state index is 13.5. The molecular weight excluding hydrogens is 713 g/mol. The number of sulfone groups is 1. The monoisotopic (exact) mass is 736 g/mol. The Balaban J connectivity index is 1.38. The molecule has 3 aromatic carbocycles. The number of rotatable bonds is 9. The van der Waals surface area contributed by atoms with E-state index in [0.29, 0.717) is 16.6 Å². The van der Waals surface area contributed by atoms with Crippen LogP contribution >= 0.6 is 27.5 Å². The lowest BCUT2D eigenvalue weighted by molar-refractivity contribution is -0.152. The van der Waals surface area contributed by atoms with Crippen molar-refractivity contribution in [3.05, 3.63) is 87.1 Å². The van der Waals surface area contributed by atoms with E-state index in [-0.39, 0.29) is 51.7 Å². The molecule has 0 aromatic heterocycles. The van der Waals surface area contributed by atoms with Gasteiger partial charge in [0.2, 0.25) is 10.0 Å². The van der Waals surface area contributed by atoms with E-state index in [4.69, 9.17) is 16.3 Å². The van der Waals surface area contributed by atoms with E-state index in [1.54, 1.807) is 12.1 Å². The van der Waals surface area contributed by atoms with Crippen LogP contribution in [-0.4, -0.2) is 46.1 Å². The molecule has 0 heterocycles. The van der Waals surface area contributed by atoms with Crippen LogP contribution in [-0.2, 0) is 29.4 Å². The van der Waals surface area contributed by atoms with E-state index in [9.17, 15) is 39.6 Å². The van der Waals surface area contributed by atoms with Gasteiger partial charge in [0.25, 0.3) is 5.91 Å². The molecular formula is C28H25BrClF3N2O7S2. The van der Waals surface area contributed by atoms with Crippen LogP contribution in [0.1, 0.15) is 43.0 Å². The second kappa shape index (κ2) is 13.6. The van der Waals surface area contributed by atoms with Gasteiger partial charge in [-0.3, -0.25) is 9.59 Å². The molecule has 236 valence electrons. The van der Waals surface area contributed by atoms with Crippen LogP contribution in [0.15, 0.2) is 68.9 Å². The average molecular weight is 738 g/mol. The molecule has 0 saturated heterocycles. The molecule has 1 aliphatic rings. The zero-order chi connectivity index (χ0) is 32.4. The molecule has 0 aliphatic heterocycles. The summed E-state index contributed by atoms with van der Waals surface area (Å²) in [7, 11) is -8.08. The van der Waals surface area contributed by atoms with Crippen LogP contribution in [0.3, 0.4) is 0 Å². The van der Waals surface area contributed by atoms with Crippen LogP contribution in [0.2, 0.25) is 5.02 Å². The van der Waals surface area contributed by atoms with Crippen LogP contribution < -0.4 is 10.0 Å². The second-order valence-electron chi connectivity index (χ2n) is 10.0. The molecule has 1 saturated carbocycles. The third kappa shape index (κ3) is 7.80. The van der Waals surface area contributed by atoms with Crippen molar-refractivity contribution in [1.29, 1.82) is 0 Å². The van der Waals surface area contributed by atoms with Gasteiger partial charge in [0.05, 0.1) is 20.1 Å². The summed E-state index contributed by atoms with van der Waals surface area (Å²) < 4.78 is 101. The number of sulfonamides is 1. The number of carbonyl (C=O) groups excluding carboxylic acids is 2. The van der Waals surface area contributed by atoms with Gasteiger partial charge >= 0.3 is 5.97 Å². The molecule has 1 aliphatic carbocycles. The molecule has 1 atom stereocenters. The fraction of sp³-hybridized carbons (Fsp3) is 0.286. The van der Waals surface area contributed by atoms with E-state index in [2.05, 4.69) is 26.0 Å². The van der Waals surface area contributed by atoms with E-state index >= 15 is 0 Å². The first-order valence-electron chi connectivity index (χ1n) is 13.1. The van der Waals surface area contributed by atoms with Crippen molar-refractivity contribution >= 4 is 65.0 Å². The van der Waals surface area contributed by atoms with Gasteiger partial charge in [0.1, 0.15) is 12.1 Å². The van der Waals surface area contributed by atoms with Gasteiger partial charge in [-0.1, -0.05) is 27.5 Å². The Morgan fingerprint density at radius 2 is 1.52 bits per heavy atom. The first-order valence-corrected chi connectivity index (χ1v) is 17.3. The van der Waals surface area contributed by atoms with Crippen molar-refractivity contribution in [3.8, 4) is 0 Å². The van der Waals surface area contributed by atoms with Gasteiger partial charge in [-0.05, 0) is 75.1 Å². The van der Waals surface area contributed by atoms with Gasteiger partial charge < -0.3 is 10.1 Å². The van der Waals surface area contributed by atoms with Crippen LogP contribution in [0, 0.1) is 17.5 Å². The third-order valence-corrected chi connectivity index (χ3v) is 11.7. The number of benzene rings is 3. The van der Waals surface area contributed by atoms with Gasteiger partial charge in [0.15, 0.2) is 27.3 Å². The summed E-state index contributed by atoms with van der Waals surface area (Å²) >= 11 is 9.40. The Morgan fingerprint density at radius 3 is 2.11 bits per heavy atom. The predicted molar refractivity (Wildman–Crippen MR) is 159 cm³/mol. The van der Waals surface area contributed by atoms with Gasteiger partial charge in [0, 0.05) is 27.9 Å². The standard InChI is InChI=1S/C28H25BrClF3N2O7S2/c1-15(35-44(40,41)21-7-3-17(29)4-8-21)28(37)42-19-5-9-20(10-6-19)43(38,39)25-12-16(2-11-22(25)30)27(36)34-18-13-23(31)26(33)24(32)14-18/h2-4,7-8,11-15,19-20,35H,5-6,9-10H2,1H3,(H,34,36)/t15-,19?,20?/m0/s1. The van der Waals surface area contributed by atoms with Gasteiger partial charge in [-0.2, -0.15) is 4.72 Å². The summed E-state index contributed by atoms with van der Waals surface area (Å²) in [6, 6.07) is 9.22. The second-order valence-corrected chi connectivity index (χ2v) is 15.3. The normalized spacial score (nSPS) is 18.0. The van der Waals surface area contributed by atoms with Crippen molar-refractivity contribution in [2.45, 2.75) is 59.8 Å². The molecule has 3 aromatic rings. The first-order chi connectivity index (χ1) is 20.6. The van der Waals surface area contributed by atoms with Crippen molar-refractivity contribution in [2.75, 3.05) is 5.32 Å². The molecule has 9 nitrogen and oxygen atoms in total. The summed E-state index contributed by atoms with van der Waals surface area (Å²) in [5.74, 6) is -6.47. The van der Waals surface area contributed by atoms with Gasteiger partial charge in [-0.25, -0.2) is 30.0 Å². The van der Waals surface area contributed by atoms with E-state index < -0.39 is 66.6 Å². The minimum atomic E-state index is -4.08. The van der Waals surface area contributed by atoms with Crippen molar-refractivity contribution in [2.24, 2.45) is 0 Å². The average Bonchev–Trinajstić information content (AvgIpc) is 2.96. The lowest BCUT2D eigenvalue weighted by atomic mass is 9.97. The number of esters is 1. The molecule has 4 rings (SSSR count). The van der Waals surface area contributed by atoms with Crippen LogP contribution in [0.25, 0.3) is 0 Å². The highest BCUT2D eigenvalue weighted by molar-refractivity contribution is 9.10. The van der Waals surface area contributed by atoms with Crippen molar-refractivity contribution in [3.63, 3.8) is 0 Å². The number of amides is 1. The van der Waals surface area contributed by atoms with Crippen molar-refractivity contribution < 1.29 is 44.3 Å². The number of hydrogen-bond acceptors (Lipinski definition) is 7. The van der Waals surface area contributed by atoms with Crippen LogP contribution in [0.5, 0.6) is 0 Å². The Labute approximate surface area is 265 Å². The first kappa shape index (κ1) is 33.9. The Hall–Kier alpha value is -2.98. The molecule has 1 fully saturated rings. The highest BCUT2D eigenvalue weighted by Gasteiger charge is 2.36. The van der Waals surface area contributed by atoms with E-state index in [0.717, 1.165) is 6.07 Å². The highest BCUT2D eigenvalue weighted by Crippen LogP contribution is 2.34. The fourth-order valence-corrected chi connectivity index (χ4v) is 8.34. The number of ether oxygens (including phenoxy) is 1. The summed E-state index contributed by atoms with van der Waals surface area (Å²) in [5, 5.41) is 1.11. The molecule has 0 radical (unpaired) electrons. The van der Waals surface area contributed by atoms with Gasteiger partial charge in [-0.15, -0.1) is 0 Å². The summed E-state index contributed by atoms with van der Waals surface area (Å²) in [4.78, 5) is 24.9. The molecule has 0 unspecified atom stereocenters. The number of carbonyl (C=O) groups is 2. The molecule has 2 N–H and O–H groups in total. The zero-order valence-electron chi connectivity index (χ0n) is 22.8. The summed E-state index contributed by atoms with van der Waals surface area (Å²) in [5.41, 5.74) is -0.561. The fourth-order valence-electron chi connectivity index (χ4n) is 4.56. The van der Waals surface area contributed by atoms with Crippen LogP contribution in [0.4, 0.5) is 18.9 Å². The topological polar surface area (TPSA) is 136 Å². The smallest absolute Gasteiger partial charge is 0.324 e. The third-order valence-electron chi connectivity index (χ3n) is 6.89. The molecule has 0 bridgehead atoms. The molecule has 44 heavy (non-hydrogen) atoms. The number of nitrogens with one attached hydrogen (secondary N) is 2. The highest BCUT2D eigenvalue weighted by atomic mass is 79.9. The maximum Gasteiger partial charge on any atom is 0.324 e. The maximum absolute atomic E-state index is 13.5. The molecule has 0 spiro atoms. The lowest BCUT2D eigenvalue weighted by Crippen LogP contribution is -2.41.